The van der Waals surface area contributed by atoms with Crippen LogP contribution in [0.5, 0.6) is 0 Å². The van der Waals surface area contributed by atoms with Crippen LogP contribution < -0.4 is 5.32 Å². The van der Waals surface area contributed by atoms with Crippen LogP contribution in [0, 0.1) is 6.92 Å². The van der Waals surface area contributed by atoms with Gasteiger partial charge in [-0.1, -0.05) is 24.3 Å². The number of fused-ring (bicyclic) bond motifs is 1. The van der Waals surface area contributed by atoms with Crippen LogP contribution in [-0.4, -0.2) is 15.5 Å². The number of anilines is 1. The van der Waals surface area contributed by atoms with Crippen LogP contribution >= 0.6 is 0 Å². The van der Waals surface area contributed by atoms with Gasteiger partial charge in [0, 0.05) is 23.6 Å². The minimum absolute atomic E-state index is 0.220. The third kappa shape index (κ3) is 3.66. The average Bonchev–Trinajstić information content (AvgIpc) is 3.05. The van der Waals surface area contributed by atoms with E-state index in [1.165, 1.54) is 12.1 Å². The van der Waals surface area contributed by atoms with E-state index in [1.54, 1.807) is 6.92 Å². The first-order chi connectivity index (χ1) is 14.2. The number of rotatable bonds is 3. The number of amides is 1. The van der Waals surface area contributed by atoms with Crippen molar-refractivity contribution in [2.75, 3.05) is 5.32 Å². The molecule has 4 nitrogen and oxygen atoms in total. The Hall–Kier alpha value is -3.61. The molecule has 0 aliphatic carbocycles. The second-order valence-electron chi connectivity index (χ2n) is 7.04. The normalized spacial score (nSPS) is 11.6. The summed E-state index contributed by atoms with van der Waals surface area (Å²) < 4.78 is 40.2. The molecule has 152 valence electrons. The molecule has 0 spiro atoms. The number of aromatic nitrogens is 2. The number of nitrogens with zero attached hydrogens (tertiary/aromatic N) is 2. The second kappa shape index (κ2) is 7.33. The molecule has 2 aromatic heterocycles. The highest BCUT2D eigenvalue weighted by Crippen LogP contribution is 2.30. The van der Waals surface area contributed by atoms with Crippen LogP contribution in [0.4, 0.5) is 18.9 Å². The van der Waals surface area contributed by atoms with E-state index in [0.29, 0.717) is 11.3 Å². The van der Waals surface area contributed by atoms with Gasteiger partial charge in [-0.15, -0.1) is 0 Å². The van der Waals surface area contributed by atoms with Gasteiger partial charge in [0.2, 0.25) is 0 Å². The average molecular weight is 409 g/mol. The standard InChI is InChI=1S/C23H18F3N3O/c1-14-7-12-18(20-13-15-5-3-4-6-19(15)29(20)2)28-21(14)22(30)27-17-10-8-16(9-11-17)23(24,25)26/h3-13H,1-2H3,(H,27,30). The summed E-state index contributed by atoms with van der Waals surface area (Å²) in [6, 6.07) is 17.9. The number of para-hydroxylation sites is 1. The number of carbonyl (C=O) groups excluding carboxylic acids is 1. The van der Waals surface area contributed by atoms with E-state index in [2.05, 4.69) is 10.3 Å². The van der Waals surface area contributed by atoms with Gasteiger partial charge in [-0.25, -0.2) is 4.98 Å². The van der Waals surface area contributed by atoms with Gasteiger partial charge in [0.1, 0.15) is 5.69 Å². The SMILES string of the molecule is Cc1ccc(-c2cc3ccccc3n2C)nc1C(=O)Nc1ccc(C(F)(F)F)cc1. The van der Waals surface area contributed by atoms with Gasteiger partial charge in [0.05, 0.1) is 17.0 Å². The first kappa shape index (κ1) is 19.7. The summed E-state index contributed by atoms with van der Waals surface area (Å²) in [5, 5.41) is 3.69. The molecule has 0 saturated carbocycles. The Morgan fingerprint density at radius 1 is 1.00 bits per heavy atom. The Morgan fingerprint density at radius 3 is 2.37 bits per heavy atom. The molecule has 0 saturated heterocycles. The summed E-state index contributed by atoms with van der Waals surface area (Å²) in [6.07, 6.45) is -4.42. The zero-order valence-corrected chi connectivity index (χ0v) is 16.3. The summed E-state index contributed by atoms with van der Waals surface area (Å²) in [6.45, 7) is 1.76. The zero-order valence-electron chi connectivity index (χ0n) is 16.3. The Kier molecular flexibility index (Phi) is 4.81. The van der Waals surface area contributed by atoms with Crippen LogP contribution in [0.15, 0.2) is 66.7 Å². The van der Waals surface area contributed by atoms with E-state index in [9.17, 15) is 18.0 Å². The van der Waals surface area contributed by atoms with Crippen molar-refractivity contribution in [3.8, 4) is 11.4 Å². The summed E-state index contributed by atoms with van der Waals surface area (Å²) in [4.78, 5) is 17.3. The Labute approximate surface area is 171 Å². The van der Waals surface area contributed by atoms with Crippen LogP contribution in [0.2, 0.25) is 0 Å². The lowest BCUT2D eigenvalue weighted by Crippen LogP contribution is -2.16. The molecule has 2 aromatic carbocycles. The summed E-state index contributed by atoms with van der Waals surface area (Å²) in [7, 11) is 1.93. The van der Waals surface area contributed by atoms with Crippen molar-refractivity contribution in [3.05, 3.63) is 83.6 Å². The van der Waals surface area contributed by atoms with Crippen molar-refractivity contribution >= 4 is 22.5 Å². The summed E-state index contributed by atoms with van der Waals surface area (Å²) in [5.74, 6) is -0.479. The second-order valence-corrected chi connectivity index (χ2v) is 7.04. The van der Waals surface area contributed by atoms with E-state index in [4.69, 9.17) is 0 Å². The van der Waals surface area contributed by atoms with Crippen molar-refractivity contribution in [1.82, 2.24) is 9.55 Å². The lowest BCUT2D eigenvalue weighted by molar-refractivity contribution is -0.137. The van der Waals surface area contributed by atoms with Crippen LogP contribution in [0.25, 0.3) is 22.3 Å². The number of carbonyl (C=O) groups is 1. The third-order valence-corrected chi connectivity index (χ3v) is 5.00. The molecule has 0 radical (unpaired) electrons. The highest BCUT2D eigenvalue weighted by Gasteiger charge is 2.30. The third-order valence-electron chi connectivity index (χ3n) is 5.00. The van der Waals surface area contributed by atoms with Crippen molar-refractivity contribution < 1.29 is 18.0 Å². The highest BCUT2D eigenvalue weighted by molar-refractivity contribution is 6.04. The van der Waals surface area contributed by atoms with E-state index >= 15 is 0 Å². The van der Waals surface area contributed by atoms with Gasteiger partial charge >= 0.3 is 6.18 Å². The molecule has 0 fully saturated rings. The molecule has 2 heterocycles. The van der Waals surface area contributed by atoms with Gasteiger partial charge in [0.15, 0.2) is 0 Å². The maximum atomic E-state index is 12.8. The van der Waals surface area contributed by atoms with Crippen molar-refractivity contribution in [2.45, 2.75) is 13.1 Å². The van der Waals surface area contributed by atoms with E-state index in [-0.39, 0.29) is 11.4 Å². The number of pyridine rings is 1. The Balaban J connectivity index is 1.64. The molecule has 1 amide bonds. The number of alkyl halides is 3. The molecule has 0 aliphatic heterocycles. The van der Waals surface area contributed by atoms with E-state index in [0.717, 1.165) is 28.7 Å². The minimum atomic E-state index is -4.42. The molecule has 4 rings (SSSR count). The maximum Gasteiger partial charge on any atom is 0.416 e. The first-order valence-corrected chi connectivity index (χ1v) is 9.25. The maximum absolute atomic E-state index is 12.8. The molecule has 0 aliphatic rings. The van der Waals surface area contributed by atoms with Crippen molar-refractivity contribution in [1.29, 1.82) is 0 Å². The van der Waals surface area contributed by atoms with Gasteiger partial charge in [-0.2, -0.15) is 13.2 Å². The molecule has 7 heteroatoms. The Bertz CT molecular complexity index is 1240. The van der Waals surface area contributed by atoms with Crippen LogP contribution in [0.3, 0.4) is 0 Å². The molecule has 4 aromatic rings. The number of nitrogens with one attached hydrogen (secondary N) is 1. The fraction of sp³-hybridized carbons (Fsp3) is 0.130. The molecule has 1 N–H and O–H groups in total. The number of hydrogen-bond acceptors (Lipinski definition) is 2. The Morgan fingerprint density at radius 2 is 1.70 bits per heavy atom. The predicted molar refractivity (Wildman–Crippen MR) is 110 cm³/mol. The quantitative estimate of drug-likeness (QED) is 0.463. The molecule has 0 unspecified atom stereocenters. The van der Waals surface area contributed by atoms with Crippen LogP contribution in [0.1, 0.15) is 21.6 Å². The zero-order chi connectivity index (χ0) is 21.5. The van der Waals surface area contributed by atoms with Gasteiger partial charge < -0.3 is 9.88 Å². The van der Waals surface area contributed by atoms with Gasteiger partial charge in [-0.3, -0.25) is 4.79 Å². The van der Waals surface area contributed by atoms with E-state index in [1.807, 2.05) is 54.1 Å². The molecule has 0 bridgehead atoms. The monoisotopic (exact) mass is 409 g/mol. The topological polar surface area (TPSA) is 46.9 Å². The predicted octanol–water partition coefficient (Wildman–Crippen LogP) is 5.82. The highest BCUT2D eigenvalue weighted by atomic mass is 19.4. The molecule has 30 heavy (non-hydrogen) atoms. The lowest BCUT2D eigenvalue weighted by atomic mass is 10.1. The summed E-state index contributed by atoms with van der Waals surface area (Å²) in [5.41, 5.74) is 2.93. The fourth-order valence-electron chi connectivity index (χ4n) is 3.37. The fourth-order valence-corrected chi connectivity index (χ4v) is 3.37. The van der Waals surface area contributed by atoms with Crippen molar-refractivity contribution in [2.24, 2.45) is 7.05 Å². The molecular weight excluding hydrogens is 391 g/mol. The van der Waals surface area contributed by atoms with Crippen molar-refractivity contribution in [3.63, 3.8) is 0 Å². The molecular formula is C23H18F3N3O. The largest absolute Gasteiger partial charge is 0.416 e. The summed E-state index contributed by atoms with van der Waals surface area (Å²) >= 11 is 0. The number of benzene rings is 2. The van der Waals surface area contributed by atoms with Gasteiger partial charge in [0.25, 0.3) is 5.91 Å². The number of hydrogen-bond donors (Lipinski definition) is 1. The number of halogens is 3. The number of aryl methyl sites for hydroxylation is 2. The minimum Gasteiger partial charge on any atom is -0.342 e. The van der Waals surface area contributed by atoms with Gasteiger partial charge in [-0.05, 0) is 55.0 Å². The van der Waals surface area contributed by atoms with Crippen LogP contribution in [-0.2, 0) is 13.2 Å². The smallest absolute Gasteiger partial charge is 0.342 e. The van der Waals surface area contributed by atoms with E-state index < -0.39 is 17.6 Å². The lowest BCUT2D eigenvalue weighted by Gasteiger charge is -2.11. The first-order valence-electron chi connectivity index (χ1n) is 9.25. The molecule has 0 atom stereocenters.